The van der Waals surface area contributed by atoms with E-state index in [9.17, 15) is 18.0 Å². The summed E-state index contributed by atoms with van der Waals surface area (Å²) in [5, 5.41) is 10.4. The fourth-order valence-corrected chi connectivity index (χ4v) is 4.00. The minimum absolute atomic E-state index is 0.00408. The van der Waals surface area contributed by atoms with Crippen LogP contribution in [0.25, 0.3) is 0 Å². The molecule has 182 valence electrons. The summed E-state index contributed by atoms with van der Waals surface area (Å²) < 4.78 is 48.4. The van der Waals surface area contributed by atoms with Gasteiger partial charge < -0.3 is 29.5 Å². The molecule has 3 atom stereocenters. The third-order valence-electron chi connectivity index (χ3n) is 5.68. The number of halogens is 3. The Hall–Kier alpha value is -3.61. The Morgan fingerprint density at radius 1 is 1.15 bits per heavy atom. The lowest BCUT2D eigenvalue weighted by Crippen LogP contribution is -2.32. The first kappa shape index (κ1) is 23.5. The van der Waals surface area contributed by atoms with Gasteiger partial charge in [-0.2, -0.15) is 13.2 Å². The number of carboxylic acid groups (broad SMARTS) is 1. The zero-order valence-corrected chi connectivity index (χ0v) is 17.7. The Kier molecular flexibility index (Phi) is 6.72. The number of carboxylic acids is 1. The van der Waals surface area contributed by atoms with Gasteiger partial charge in [0.25, 0.3) is 5.91 Å². The second-order valence-corrected chi connectivity index (χ2v) is 7.83. The number of aliphatic carboxylic acids is 1. The summed E-state index contributed by atoms with van der Waals surface area (Å²) in [6, 6.07) is 7.12. The highest BCUT2D eigenvalue weighted by Crippen LogP contribution is 2.36. The highest BCUT2D eigenvalue weighted by molar-refractivity contribution is 5.95. The molecule has 2 saturated heterocycles. The van der Waals surface area contributed by atoms with Crippen LogP contribution in [0.15, 0.2) is 36.7 Å². The number of hydrogen-bond donors (Lipinski definition) is 2. The number of aromatic nitrogens is 2. The van der Waals surface area contributed by atoms with Crippen LogP contribution in [-0.4, -0.2) is 77.2 Å². The molecule has 1 aromatic heterocycles. The van der Waals surface area contributed by atoms with Crippen LogP contribution in [0, 0.1) is 11.8 Å². The summed E-state index contributed by atoms with van der Waals surface area (Å²) >= 11 is 0. The summed E-state index contributed by atoms with van der Waals surface area (Å²) in [4.78, 5) is 32.0. The number of fused-ring (bicyclic) bond motifs is 2. The number of nitrogens with one attached hydrogen (secondary N) is 1. The Morgan fingerprint density at radius 3 is 2.56 bits per heavy atom. The molecule has 5 rings (SSSR count). The molecule has 2 N–H and O–H groups in total. The molecule has 4 heterocycles. The van der Waals surface area contributed by atoms with E-state index >= 15 is 0 Å². The highest BCUT2D eigenvalue weighted by atomic mass is 19.4. The van der Waals surface area contributed by atoms with E-state index in [1.807, 2.05) is 4.90 Å². The summed E-state index contributed by atoms with van der Waals surface area (Å²) in [7, 11) is 0. The summed E-state index contributed by atoms with van der Waals surface area (Å²) in [5.41, 5.74) is 0.617. The summed E-state index contributed by atoms with van der Waals surface area (Å²) in [6.07, 6.45) is -1.57. The number of likely N-dealkylation sites (tertiary alicyclic amines) is 1. The fourth-order valence-electron chi connectivity index (χ4n) is 4.00. The molecule has 0 bridgehead atoms. The van der Waals surface area contributed by atoms with Crippen molar-refractivity contribution in [1.82, 2.24) is 14.9 Å². The van der Waals surface area contributed by atoms with Crippen LogP contribution in [0.4, 0.5) is 19.1 Å². The maximum Gasteiger partial charge on any atom is 0.490 e. The SMILES string of the molecule is O=C(O)C(F)(F)F.O=C(c1ccc2c(c1)OCO2)N1C[C@@H]2[C@@H](CNc3ncccn3)CO[C@@H]2C1. The highest BCUT2D eigenvalue weighted by Gasteiger charge is 2.45. The molecule has 0 aliphatic carbocycles. The molecule has 0 spiro atoms. The number of carbonyl (C=O) groups excluding carboxylic acids is 1. The van der Waals surface area contributed by atoms with Crippen LogP contribution >= 0.6 is 0 Å². The largest absolute Gasteiger partial charge is 0.490 e. The molecule has 2 fully saturated rings. The van der Waals surface area contributed by atoms with Crippen molar-refractivity contribution in [3.63, 3.8) is 0 Å². The molecular weight excluding hydrogens is 461 g/mol. The van der Waals surface area contributed by atoms with Crippen LogP contribution in [0.1, 0.15) is 10.4 Å². The maximum atomic E-state index is 12.9. The monoisotopic (exact) mass is 482 g/mol. The zero-order valence-electron chi connectivity index (χ0n) is 17.7. The van der Waals surface area contributed by atoms with Crippen molar-refractivity contribution >= 4 is 17.8 Å². The van der Waals surface area contributed by atoms with Gasteiger partial charge in [0.15, 0.2) is 11.5 Å². The predicted octanol–water partition coefficient (Wildman–Crippen LogP) is 2.04. The predicted molar refractivity (Wildman–Crippen MR) is 109 cm³/mol. The van der Waals surface area contributed by atoms with Crippen LogP contribution < -0.4 is 14.8 Å². The van der Waals surface area contributed by atoms with Crippen LogP contribution in [0.3, 0.4) is 0 Å². The molecule has 3 aliphatic heterocycles. The normalized spacial score (nSPS) is 22.6. The van der Waals surface area contributed by atoms with E-state index in [-0.39, 0.29) is 18.8 Å². The Labute approximate surface area is 191 Å². The molecule has 3 aliphatic rings. The lowest BCUT2D eigenvalue weighted by Gasteiger charge is -2.20. The van der Waals surface area contributed by atoms with Gasteiger partial charge in [0.1, 0.15) is 0 Å². The standard InChI is InChI=1S/C19H20N4O4.C2HF3O2/c24-18(12-2-3-15-16(6-12)27-11-26-15)23-8-14-13(10-25-17(14)9-23)7-22-19-20-4-1-5-21-19;3-2(4,5)1(6)7/h1-6,13-14,17H,7-11H2,(H,20,21,22);(H,6,7)/t13-,14+,17+;/m0./s1. The summed E-state index contributed by atoms with van der Waals surface area (Å²) in [6.45, 7) is 2.95. The van der Waals surface area contributed by atoms with E-state index in [1.54, 1.807) is 36.7 Å². The van der Waals surface area contributed by atoms with Gasteiger partial charge in [-0.1, -0.05) is 0 Å². The number of hydrogen-bond acceptors (Lipinski definition) is 8. The number of carbonyl (C=O) groups is 2. The lowest BCUT2D eigenvalue weighted by atomic mass is 9.93. The first-order valence-corrected chi connectivity index (χ1v) is 10.3. The van der Waals surface area contributed by atoms with Crippen molar-refractivity contribution in [2.75, 3.05) is 38.4 Å². The molecule has 2 aromatic rings. The first-order chi connectivity index (χ1) is 16.2. The van der Waals surface area contributed by atoms with Crippen LogP contribution in [-0.2, 0) is 9.53 Å². The van der Waals surface area contributed by atoms with Crippen molar-refractivity contribution in [2.24, 2.45) is 11.8 Å². The minimum atomic E-state index is -5.08. The Morgan fingerprint density at radius 2 is 1.85 bits per heavy atom. The van der Waals surface area contributed by atoms with Crippen molar-refractivity contribution in [2.45, 2.75) is 12.3 Å². The van der Waals surface area contributed by atoms with Gasteiger partial charge in [0.05, 0.1) is 12.7 Å². The first-order valence-electron chi connectivity index (χ1n) is 10.3. The average Bonchev–Trinajstić information content (AvgIpc) is 3.53. The Balaban J connectivity index is 0.000000344. The zero-order chi connectivity index (χ0) is 24.3. The second kappa shape index (κ2) is 9.71. The Bertz CT molecular complexity index is 1040. The quantitative estimate of drug-likeness (QED) is 0.674. The van der Waals surface area contributed by atoms with Gasteiger partial charge in [-0.05, 0) is 24.3 Å². The molecule has 13 heteroatoms. The van der Waals surface area contributed by atoms with E-state index in [0.717, 1.165) is 6.54 Å². The topological polar surface area (TPSA) is 123 Å². The molecule has 10 nitrogen and oxygen atoms in total. The molecular formula is C21H21F3N4O6. The summed E-state index contributed by atoms with van der Waals surface area (Å²) in [5.74, 6) is -0.180. The van der Waals surface area contributed by atoms with Crippen molar-refractivity contribution in [3.8, 4) is 11.5 Å². The third-order valence-corrected chi connectivity index (χ3v) is 5.68. The molecule has 0 unspecified atom stereocenters. The van der Waals surface area contributed by atoms with E-state index in [1.165, 1.54) is 0 Å². The van der Waals surface area contributed by atoms with Gasteiger partial charge in [0.2, 0.25) is 12.7 Å². The number of alkyl halides is 3. The number of rotatable bonds is 4. The van der Waals surface area contributed by atoms with Gasteiger partial charge in [-0.3, -0.25) is 4.79 Å². The van der Waals surface area contributed by atoms with Crippen molar-refractivity contribution < 1.29 is 42.1 Å². The van der Waals surface area contributed by atoms with Gasteiger partial charge in [-0.25, -0.2) is 14.8 Å². The van der Waals surface area contributed by atoms with Gasteiger partial charge >= 0.3 is 12.1 Å². The van der Waals surface area contributed by atoms with Gasteiger partial charge in [-0.15, -0.1) is 0 Å². The minimum Gasteiger partial charge on any atom is -0.475 e. The number of nitrogens with zero attached hydrogens (tertiary/aromatic N) is 3. The van der Waals surface area contributed by atoms with E-state index in [4.69, 9.17) is 24.1 Å². The number of amides is 1. The third kappa shape index (κ3) is 5.30. The van der Waals surface area contributed by atoms with E-state index in [0.29, 0.717) is 54.5 Å². The number of ether oxygens (including phenoxy) is 3. The van der Waals surface area contributed by atoms with Crippen LogP contribution in [0.2, 0.25) is 0 Å². The van der Waals surface area contributed by atoms with Crippen LogP contribution in [0.5, 0.6) is 11.5 Å². The van der Waals surface area contributed by atoms with E-state index in [2.05, 4.69) is 15.3 Å². The second-order valence-electron chi connectivity index (χ2n) is 7.83. The molecule has 0 radical (unpaired) electrons. The maximum absolute atomic E-state index is 12.9. The van der Waals surface area contributed by atoms with Gasteiger partial charge in [0, 0.05) is 49.4 Å². The van der Waals surface area contributed by atoms with E-state index < -0.39 is 12.1 Å². The number of anilines is 1. The molecule has 1 aromatic carbocycles. The van der Waals surface area contributed by atoms with Crippen molar-refractivity contribution in [1.29, 1.82) is 0 Å². The molecule has 0 saturated carbocycles. The smallest absolute Gasteiger partial charge is 0.475 e. The lowest BCUT2D eigenvalue weighted by molar-refractivity contribution is -0.192. The molecule has 1 amide bonds. The molecule has 34 heavy (non-hydrogen) atoms. The number of benzene rings is 1. The fraction of sp³-hybridized carbons (Fsp3) is 0.429. The average molecular weight is 482 g/mol. The van der Waals surface area contributed by atoms with Crippen molar-refractivity contribution in [3.05, 3.63) is 42.2 Å².